The minimum atomic E-state index is -0.593. The zero-order chi connectivity index (χ0) is 20.1. The Balaban J connectivity index is 1.76. The third-order valence-electron chi connectivity index (χ3n) is 4.38. The Labute approximate surface area is 160 Å². The molecule has 146 valence electrons. The van der Waals surface area contributed by atoms with Gasteiger partial charge in [0.1, 0.15) is 12.2 Å². The Hall–Kier alpha value is -3.49. The van der Waals surface area contributed by atoms with Crippen molar-refractivity contribution < 1.29 is 19.1 Å². The standard InChI is InChI=1S/C19H20N4O5/c1-28-19(27)13-6-2-3-7-14(13)20-16(24)12-23-17(25)9-8-15(21-23)18(26)22-10-4-5-11-22/h2-3,6-9H,4-5,10-12H2,1H3,(H,20,24). The van der Waals surface area contributed by atoms with E-state index in [1.54, 1.807) is 23.1 Å². The number of carbonyl (C=O) groups is 3. The number of hydrogen-bond donors (Lipinski definition) is 1. The van der Waals surface area contributed by atoms with Gasteiger partial charge in [0.25, 0.3) is 11.5 Å². The Morgan fingerprint density at radius 3 is 2.54 bits per heavy atom. The maximum absolute atomic E-state index is 12.4. The third-order valence-corrected chi connectivity index (χ3v) is 4.38. The van der Waals surface area contributed by atoms with Gasteiger partial charge in [0.2, 0.25) is 5.91 Å². The Kier molecular flexibility index (Phi) is 5.83. The summed E-state index contributed by atoms with van der Waals surface area (Å²) in [7, 11) is 1.24. The van der Waals surface area contributed by atoms with Gasteiger partial charge in [-0.2, -0.15) is 5.10 Å². The lowest BCUT2D eigenvalue weighted by molar-refractivity contribution is -0.117. The second kappa shape index (κ2) is 8.47. The third kappa shape index (κ3) is 4.25. The zero-order valence-corrected chi connectivity index (χ0v) is 15.4. The second-order valence-corrected chi connectivity index (χ2v) is 6.30. The molecule has 9 nitrogen and oxygen atoms in total. The summed E-state index contributed by atoms with van der Waals surface area (Å²) in [6.45, 7) is 0.921. The number of para-hydroxylation sites is 1. The summed E-state index contributed by atoms with van der Waals surface area (Å²) in [5, 5.41) is 6.60. The summed E-state index contributed by atoms with van der Waals surface area (Å²) in [4.78, 5) is 50.3. The molecular weight excluding hydrogens is 364 g/mol. The highest BCUT2D eigenvalue weighted by atomic mass is 16.5. The molecule has 0 saturated carbocycles. The number of amides is 2. The highest BCUT2D eigenvalue weighted by Gasteiger charge is 2.21. The van der Waals surface area contributed by atoms with Gasteiger partial charge in [-0.3, -0.25) is 14.4 Å². The van der Waals surface area contributed by atoms with E-state index in [0.29, 0.717) is 13.1 Å². The smallest absolute Gasteiger partial charge is 0.339 e. The van der Waals surface area contributed by atoms with Crippen molar-refractivity contribution >= 4 is 23.5 Å². The number of rotatable bonds is 5. The van der Waals surface area contributed by atoms with Crippen LogP contribution in [0.4, 0.5) is 5.69 Å². The van der Waals surface area contributed by atoms with Crippen molar-refractivity contribution in [2.75, 3.05) is 25.5 Å². The van der Waals surface area contributed by atoms with E-state index in [-0.39, 0.29) is 22.9 Å². The fraction of sp³-hybridized carbons (Fsp3) is 0.316. The molecule has 28 heavy (non-hydrogen) atoms. The van der Waals surface area contributed by atoms with Crippen LogP contribution in [0.3, 0.4) is 0 Å². The van der Waals surface area contributed by atoms with Crippen LogP contribution in [0.25, 0.3) is 0 Å². The molecule has 1 aromatic carbocycles. The molecule has 1 aliphatic rings. The molecule has 2 amide bonds. The van der Waals surface area contributed by atoms with Gasteiger partial charge < -0.3 is 15.0 Å². The monoisotopic (exact) mass is 384 g/mol. The molecule has 0 radical (unpaired) electrons. The Morgan fingerprint density at radius 1 is 1.11 bits per heavy atom. The fourth-order valence-corrected chi connectivity index (χ4v) is 2.96. The van der Waals surface area contributed by atoms with Crippen LogP contribution in [-0.2, 0) is 16.1 Å². The van der Waals surface area contributed by atoms with Gasteiger partial charge in [0.15, 0.2) is 0 Å². The van der Waals surface area contributed by atoms with Gasteiger partial charge in [0, 0.05) is 19.2 Å². The van der Waals surface area contributed by atoms with Crippen molar-refractivity contribution in [1.29, 1.82) is 0 Å². The van der Waals surface area contributed by atoms with Crippen LogP contribution in [-0.4, -0.2) is 52.7 Å². The van der Waals surface area contributed by atoms with Gasteiger partial charge >= 0.3 is 5.97 Å². The molecule has 2 aromatic rings. The largest absolute Gasteiger partial charge is 0.465 e. The average molecular weight is 384 g/mol. The minimum absolute atomic E-state index is 0.115. The first-order valence-corrected chi connectivity index (χ1v) is 8.84. The van der Waals surface area contributed by atoms with E-state index in [1.165, 1.54) is 25.3 Å². The number of anilines is 1. The van der Waals surface area contributed by atoms with Crippen LogP contribution in [0.5, 0.6) is 0 Å². The summed E-state index contributed by atoms with van der Waals surface area (Å²) in [5.74, 6) is -1.41. The molecular formula is C19H20N4O5. The van der Waals surface area contributed by atoms with Gasteiger partial charge in [-0.05, 0) is 31.0 Å². The number of benzene rings is 1. The van der Waals surface area contributed by atoms with E-state index in [0.717, 1.165) is 17.5 Å². The first kappa shape index (κ1) is 19.3. The number of esters is 1. The average Bonchev–Trinajstić information content (AvgIpc) is 3.23. The van der Waals surface area contributed by atoms with Crippen molar-refractivity contribution in [2.45, 2.75) is 19.4 Å². The van der Waals surface area contributed by atoms with Crippen LogP contribution in [0.1, 0.15) is 33.7 Å². The van der Waals surface area contributed by atoms with E-state index in [9.17, 15) is 19.2 Å². The predicted molar refractivity (Wildman–Crippen MR) is 100 cm³/mol. The van der Waals surface area contributed by atoms with E-state index in [4.69, 9.17) is 0 Å². The summed E-state index contributed by atoms with van der Waals surface area (Å²) < 4.78 is 5.62. The highest BCUT2D eigenvalue weighted by Crippen LogP contribution is 2.16. The van der Waals surface area contributed by atoms with E-state index < -0.39 is 24.0 Å². The number of carbonyl (C=O) groups excluding carboxylic acids is 3. The summed E-state index contributed by atoms with van der Waals surface area (Å²) >= 11 is 0. The van der Waals surface area contributed by atoms with Crippen LogP contribution in [0.2, 0.25) is 0 Å². The van der Waals surface area contributed by atoms with Crippen LogP contribution in [0, 0.1) is 0 Å². The number of likely N-dealkylation sites (tertiary alicyclic amines) is 1. The number of nitrogens with zero attached hydrogens (tertiary/aromatic N) is 3. The molecule has 0 spiro atoms. The first-order chi connectivity index (χ1) is 13.5. The van der Waals surface area contributed by atoms with Crippen LogP contribution >= 0.6 is 0 Å². The topological polar surface area (TPSA) is 111 Å². The highest BCUT2D eigenvalue weighted by molar-refractivity contribution is 6.01. The molecule has 0 atom stereocenters. The van der Waals surface area contributed by atoms with Crippen molar-refractivity contribution in [3.8, 4) is 0 Å². The quantitative estimate of drug-likeness (QED) is 0.767. The SMILES string of the molecule is COC(=O)c1ccccc1NC(=O)Cn1nc(C(=O)N2CCCC2)ccc1=O. The van der Waals surface area contributed by atoms with E-state index >= 15 is 0 Å². The first-order valence-electron chi connectivity index (χ1n) is 8.84. The molecule has 1 aromatic heterocycles. The summed E-state index contributed by atoms with van der Waals surface area (Å²) in [6, 6.07) is 8.94. The summed E-state index contributed by atoms with van der Waals surface area (Å²) in [6.07, 6.45) is 1.88. The number of nitrogens with one attached hydrogen (secondary N) is 1. The van der Waals surface area contributed by atoms with Crippen molar-refractivity contribution in [2.24, 2.45) is 0 Å². The number of aromatic nitrogens is 2. The normalized spacial score (nSPS) is 13.2. The van der Waals surface area contributed by atoms with Gasteiger partial charge in [0.05, 0.1) is 18.4 Å². The fourth-order valence-electron chi connectivity index (χ4n) is 2.96. The zero-order valence-electron chi connectivity index (χ0n) is 15.4. The van der Waals surface area contributed by atoms with Gasteiger partial charge in [-0.1, -0.05) is 12.1 Å². The molecule has 3 rings (SSSR count). The number of methoxy groups -OCH3 is 1. The maximum atomic E-state index is 12.4. The molecule has 9 heteroatoms. The van der Waals surface area contributed by atoms with Crippen molar-refractivity contribution in [1.82, 2.24) is 14.7 Å². The maximum Gasteiger partial charge on any atom is 0.339 e. The summed E-state index contributed by atoms with van der Waals surface area (Å²) in [5.41, 5.74) is 0.0620. The lowest BCUT2D eigenvalue weighted by atomic mass is 10.2. The lowest BCUT2D eigenvalue weighted by Crippen LogP contribution is -2.34. The molecule has 2 heterocycles. The molecule has 0 unspecified atom stereocenters. The number of hydrogen-bond acceptors (Lipinski definition) is 6. The predicted octanol–water partition coefficient (Wildman–Crippen LogP) is 0.905. The molecule has 0 aliphatic carbocycles. The minimum Gasteiger partial charge on any atom is -0.465 e. The molecule has 1 saturated heterocycles. The Bertz CT molecular complexity index is 963. The second-order valence-electron chi connectivity index (χ2n) is 6.30. The van der Waals surface area contributed by atoms with Crippen LogP contribution < -0.4 is 10.9 Å². The molecule has 1 N–H and O–H groups in total. The Morgan fingerprint density at radius 2 is 1.82 bits per heavy atom. The van der Waals surface area contributed by atoms with Gasteiger partial charge in [-0.25, -0.2) is 9.48 Å². The van der Waals surface area contributed by atoms with E-state index in [2.05, 4.69) is 15.2 Å². The molecule has 1 aliphatic heterocycles. The number of ether oxygens (including phenoxy) is 1. The molecule has 1 fully saturated rings. The van der Waals surface area contributed by atoms with Gasteiger partial charge in [-0.15, -0.1) is 0 Å². The van der Waals surface area contributed by atoms with Crippen molar-refractivity contribution in [3.05, 3.63) is 58.0 Å². The van der Waals surface area contributed by atoms with E-state index in [1.807, 2.05) is 0 Å². The molecule has 0 bridgehead atoms. The van der Waals surface area contributed by atoms with Crippen LogP contribution in [0.15, 0.2) is 41.2 Å². The van der Waals surface area contributed by atoms with Crippen molar-refractivity contribution in [3.63, 3.8) is 0 Å². The lowest BCUT2D eigenvalue weighted by Gasteiger charge is -2.15.